The van der Waals surface area contributed by atoms with Gasteiger partial charge in [0.05, 0.1) is 0 Å². The average molecular weight is 328 g/mol. The zero-order valence-electron chi connectivity index (χ0n) is 12.8. The number of anilines is 1. The van der Waals surface area contributed by atoms with Crippen LogP contribution in [-0.4, -0.2) is 45.4 Å². The number of aromatic nitrogens is 3. The summed E-state index contributed by atoms with van der Waals surface area (Å²) in [5.74, 6) is 0.967. The number of halogens is 1. The first-order valence-corrected chi connectivity index (χ1v) is 8.17. The minimum absolute atomic E-state index is 0.846. The van der Waals surface area contributed by atoms with E-state index in [0.29, 0.717) is 0 Å². The van der Waals surface area contributed by atoms with Crippen LogP contribution >= 0.6 is 11.6 Å². The Bertz CT molecular complexity index is 807. The molecular weight excluding hydrogens is 310 g/mol. The number of hydrogen-bond donors (Lipinski definition) is 0. The van der Waals surface area contributed by atoms with Crippen LogP contribution < -0.4 is 4.90 Å². The second-order valence-electron chi connectivity index (χ2n) is 5.76. The highest BCUT2D eigenvalue weighted by Crippen LogP contribution is 2.21. The summed E-state index contributed by atoms with van der Waals surface area (Å²) in [6, 6.07) is 8.07. The van der Waals surface area contributed by atoms with Crippen molar-refractivity contribution in [1.29, 1.82) is 0 Å². The molecule has 118 valence electrons. The van der Waals surface area contributed by atoms with Crippen LogP contribution in [0.25, 0.3) is 5.65 Å². The fourth-order valence-corrected chi connectivity index (χ4v) is 3.24. The molecule has 0 spiro atoms. The van der Waals surface area contributed by atoms with Crippen molar-refractivity contribution >= 4 is 23.1 Å². The quantitative estimate of drug-likeness (QED) is 0.741. The highest BCUT2D eigenvalue weighted by atomic mass is 35.5. The van der Waals surface area contributed by atoms with Gasteiger partial charge in [0, 0.05) is 62.5 Å². The van der Waals surface area contributed by atoms with Gasteiger partial charge in [-0.05, 0) is 11.6 Å². The third kappa shape index (κ3) is 2.90. The molecule has 3 heterocycles. The zero-order valence-corrected chi connectivity index (χ0v) is 13.5. The highest BCUT2D eigenvalue weighted by molar-refractivity contribution is 6.31. The fraction of sp³-hybridized carbons (Fsp3) is 0.294. The Hall–Kier alpha value is -2.11. The molecule has 4 rings (SSSR count). The van der Waals surface area contributed by atoms with Gasteiger partial charge in [0.25, 0.3) is 0 Å². The van der Waals surface area contributed by atoms with Crippen LogP contribution in [0.5, 0.6) is 0 Å². The van der Waals surface area contributed by atoms with E-state index in [2.05, 4.69) is 25.8 Å². The average Bonchev–Trinajstić information content (AvgIpc) is 3.06. The minimum atomic E-state index is 0.846. The first-order chi connectivity index (χ1) is 11.3. The Morgan fingerprint density at radius 3 is 2.48 bits per heavy atom. The van der Waals surface area contributed by atoms with Crippen molar-refractivity contribution in [1.82, 2.24) is 19.3 Å². The van der Waals surface area contributed by atoms with Gasteiger partial charge in [-0.2, -0.15) is 0 Å². The summed E-state index contributed by atoms with van der Waals surface area (Å²) in [5, 5.41) is 0.846. The molecule has 1 aliphatic heterocycles. The number of benzene rings is 1. The summed E-state index contributed by atoms with van der Waals surface area (Å²) in [7, 11) is 0. The lowest BCUT2D eigenvalue weighted by Crippen LogP contribution is -2.46. The summed E-state index contributed by atoms with van der Waals surface area (Å²) in [5.41, 5.74) is 2.11. The van der Waals surface area contributed by atoms with E-state index in [1.165, 1.54) is 5.56 Å². The molecule has 0 radical (unpaired) electrons. The number of rotatable bonds is 3. The molecule has 6 heteroatoms. The lowest BCUT2D eigenvalue weighted by Gasteiger charge is -2.35. The Morgan fingerprint density at radius 2 is 1.70 bits per heavy atom. The molecule has 2 aromatic heterocycles. The van der Waals surface area contributed by atoms with Crippen LogP contribution in [0.2, 0.25) is 5.02 Å². The normalized spacial score (nSPS) is 16.1. The van der Waals surface area contributed by atoms with Gasteiger partial charge < -0.3 is 9.30 Å². The number of hydrogen-bond acceptors (Lipinski definition) is 4. The maximum Gasteiger partial charge on any atom is 0.180 e. The van der Waals surface area contributed by atoms with Gasteiger partial charge in [-0.15, -0.1) is 0 Å². The largest absolute Gasteiger partial charge is 0.351 e. The zero-order chi connectivity index (χ0) is 15.6. The smallest absolute Gasteiger partial charge is 0.180 e. The van der Waals surface area contributed by atoms with E-state index in [4.69, 9.17) is 11.6 Å². The van der Waals surface area contributed by atoms with Gasteiger partial charge in [0.1, 0.15) is 0 Å². The van der Waals surface area contributed by atoms with E-state index in [9.17, 15) is 0 Å². The Labute approximate surface area is 140 Å². The van der Waals surface area contributed by atoms with Crippen molar-refractivity contribution in [3.8, 4) is 0 Å². The molecule has 0 amide bonds. The van der Waals surface area contributed by atoms with Crippen molar-refractivity contribution in [3.05, 3.63) is 59.6 Å². The van der Waals surface area contributed by atoms with E-state index in [-0.39, 0.29) is 0 Å². The summed E-state index contributed by atoms with van der Waals surface area (Å²) in [6.07, 6.45) is 7.53. The number of imidazole rings is 1. The molecule has 1 fully saturated rings. The lowest BCUT2D eigenvalue weighted by atomic mass is 10.2. The molecule has 1 aliphatic rings. The second kappa shape index (κ2) is 6.18. The lowest BCUT2D eigenvalue weighted by molar-refractivity contribution is 0.249. The van der Waals surface area contributed by atoms with Crippen LogP contribution in [0, 0.1) is 0 Å². The topological polar surface area (TPSA) is 36.7 Å². The minimum Gasteiger partial charge on any atom is -0.351 e. The fourth-order valence-electron chi connectivity index (χ4n) is 3.05. The van der Waals surface area contributed by atoms with Gasteiger partial charge in [-0.25, -0.2) is 9.97 Å². The van der Waals surface area contributed by atoms with Gasteiger partial charge in [-0.3, -0.25) is 4.90 Å². The molecule has 1 saturated heterocycles. The maximum atomic E-state index is 6.26. The summed E-state index contributed by atoms with van der Waals surface area (Å²) >= 11 is 6.26. The number of fused-ring (bicyclic) bond motifs is 1. The van der Waals surface area contributed by atoms with Gasteiger partial charge in [0.2, 0.25) is 0 Å². The van der Waals surface area contributed by atoms with Gasteiger partial charge in [0.15, 0.2) is 11.5 Å². The first kappa shape index (κ1) is 14.5. The van der Waals surface area contributed by atoms with E-state index in [1.807, 2.05) is 47.4 Å². The molecule has 0 atom stereocenters. The van der Waals surface area contributed by atoms with Gasteiger partial charge in [-0.1, -0.05) is 29.8 Å². The molecule has 0 saturated carbocycles. The molecule has 5 nitrogen and oxygen atoms in total. The highest BCUT2D eigenvalue weighted by Gasteiger charge is 2.20. The summed E-state index contributed by atoms with van der Waals surface area (Å²) in [6.45, 7) is 4.78. The van der Waals surface area contributed by atoms with Crippen LogP contribution in [0.15, 0.2) is 49.1 Å². The predicted octanol–water partition coefficient (Wildman–Crippen LogP) is 2.70. The second-order valence-corrected chi connectivity index (χ2v) is 6.17. The molecule has 0 bridgehead atoms. The number of piperazine rings is 1. The SMILES string of the molecule is Clc1ccccc1CN1CCN(c2nccn3ccnc23)CC1. The van der Waals surface area contributed by atoms with Crippen molar-refractivity contribution in [2.45, 2.75) is 6.54 Å². The Balaban J connectivity index is 1.45. The standard InChI is InChI=1S/C17H18ClN5/c18-15-4-2-1-3-14(15)13-21-9-11-23(12-10-21)17-16-19-5-7-22(16)8-6-20-17/h1-8H,9-13H2. The summed E-state index contributed by atoms with van der Waals surface area (Å²) in [4.78, 5) is 13.7. The summed E-state index contributed by atoms with van der Waals surface area (Å²) < 4.78 is 2.01. The Morgan fingerprint density at radius 1 is 0.957 bits per heavy atom. The van der Waals surface area contributed by atoms with Crippen molar-refractivity contribution in [2.75, 3.05) is 31.1 Å². The van der Waals surface area contributed by atoms with E-state index >= 15 is 0 Å². The first-order valence-electron chi connectivity index (χ1n) is 7.79. The molecule has 1 aromatic carbocycles. The Kier molecular flexibility index (Phi) is 3.89. The molecule has 0 aliphatic carbocycles. The predicted molar refractivity (Wildman–Crippen MR) is 91.9 cm³/mol. The van der Waals surface area contributed by atoms with Crippen molar-refractivity contribution in [3.63, 3.8) is 0 Å². The van der Waals surface area contributed by atoms with E-state index in [1.54, 1.807) is 0 Å². The van der Waals surface area contributed by atoms with E-state index < -0.39 is 0 Å². The van der Waals surface area contributed by atoms with Crippen LogP contribution in [0.1, 0.15) is 5.56 Å². The van der Waals surface area contributed by atoms with E-state index in [0.717, 1.165) is 49.2 Å². The van der Waals surface area contributed by atoms with Crippen LogP contribution in [-0.2, 0) is 6.54 Å². The molecule has 3 aromatic rings. The van der Waals surface area contributed by atoms with Crippen LogP contribution in [0.3, 0.4) is 0 Å². The van der Waals surface area contributed by atoms with Crippen molar-refractivity contribution < 1.29 is 0 Å². The third-order valence-corrected chi connectivity index (χ3v) is 4.69. The monoisotopic (exact) mass is 327 g/mol. The molecule has 0 unspecified atom stereocenters. The van der Waals surface area contributed by atoms with Crippen molar-refractivity contribution in [2.24, 2.45) is 0 Å². The molecular formula is C17H18ClN5. The third-order valence-electron chi connectivity index (χ3n) is 4.32. The maximum absolute atomic E-state index is 6.26. The van der Waals surface area contributed by atoms with Gasteiger partial charge >= 0.3 is 0 Å². The van der Waals surface area contributed by atoms with Crippen LogP contribution in [0.4, 0.5) is 5.82 Å². The number of nitrogens with zero attached hydrogens (tertiary/aromatic N) is 5. The molecule has 0 N–H and O–H groups in total. The molecule has 23 heavy (non-hydrogen) atoms.